The molecule has 2 aliphatic rings. The third-order valence-electron chi connectivity index (χ3n) is 5.73. The molecular formula is C20H20ClF4N3O3. The van der Waals surface area contributed by atoms with Crippen molar-refractivity contribution in [2.75, 3.05) is 19.7 Å². The van der Waals surface area contributed by atoms with Crippen LogP contribution >= 0.6 is 11.6 Å². The molecule has 0 spiro atoms. The van der Waals surface area contributed by atoms with Gasteiger partial charge in [0.15, 0.2) is 0 Å². The van der Waals surface area contributed by atoms with Crippen LogP contribution in [-0.4, -0.2) is 57.6 Å². The van der Waals surface area contributed by atoms with Gasteiger partial charge >= 0.3 is 12.3 Å². The van der Waals surface area contributed by atoms with E-state index in [-0.39, 0.29) is 24.8 Å². The highest BCUT2D eigenvalue weighted by Gasteiger charge is 2.43. The lowest BCUT2D eigenvalue weighted by molar-refractivity contribution is -0.214. The average Bonchev–Trinajstić information content (AvgIpc) is 3.07. The number of alkyl halides is 3. The van der Waals surface area contributed by atoms with Gasteiger partial charge in [0.1, 0.15) is 16.8 Å². The van der Waals surface area contributed by atoms with Crippen LogP contribution in [0.5, 0.6) is 0 Å². The molecule has 4 rings (SSSR count). The number of carbonyl (C=O) groups is 1. The summed E-state index contributed by atoms with van der Waals surface area (Å²) in [6.45, 7) is -0.966. The van der Waals surface area contributed by atoms with Crippen molar-refractivity contribution in [3.63, 3.8) is 0 Å². The van der Waals surface area contributed by atoms with Gasteiger partial charge in [0.2, 0.25) is 6.10 Å². The van der Waals surface area contributed by atoms with Crippen molar-refractivity contribution in [3.05, 3.63) is 46.3 Å². The fourth-order valence-corrected chi connectivity index (χ4v) is 4.48. The number of piperidine rings is 1. The van der Waals surface area contributed by atoms with E-state index >= 15 is 0 Å². The molecule has 1 aromatic carbocycles. The van der Waals surface area contributed by atoms with E-state index in [2.05, 4.69) is 9.72 Å². The summed E-state index contributed by atoms with van der Waals surface area (Å²) in [7, 11) is 0. The van der Waals surface area contributed by atoms with Crippen molar-refractivity contribution in [2.45, 2.75) is 43.9 Å². The lowest BCUT2D eigenvalue weighted by Gasteiger charge is -2.32. The lowest BCUT2D eigenvalue weighted by atomic mass is 9.94. The number of benzene rings is 1. The van der Waals surface area contributed by atoms with E-state index in [4.69, 9.17) is 16.7 Å². The van der Waals surface area contributed by atoms with E-state index in [0.717, 1.165) is 17.1 Å². The Kier molecular flexibility index (Phi) is 5.87. The molecule has 2 aliphatic heterocycles. The minimum atomic E-state index is -4.83. The molecule has 1 aromatic heterocycles. The number of fused-ring (bicyclic) bond motifs is 3. The number of aryl methyl sites for hydroxylation is 2. The molecule has 1 amide bonds. The number of carbonyl (C=O) groups excluding carboxylic acids is 1. The maximum Gasteiger partial charge on any atom is 0.427 e. The zero-order valence-corrected chi connectivity index (χ0v) is 17.1. The summed E-state index contributed by atoms with van der Waals surface area (Å²) >= 11 is 6.63. The smallest absolute Gasteiger partial charge is 0.427 e. The molecule has 1 unspecified atom stereocenters. The normalized spacial score (nSPS) is 17.8. The summed E-state index contributed by atoms with van der Waals surface area (Å²) < 4.78 is 57.9. The predicted molar refractivity (Wildman–Crippen MR) is 103 cm³/mol. The van der Waals surface area contributed by atoms with Gasteiger partial charge in [-0.05, 0) is 43.0 Å². The molecule has 0 bridgehead atoms. The van der Waals surface area contributed by atoms with Gasteiger partial charge < -0.3 is 14.7 Å². The molecule has 0 aliphatic carbocycles. The Bertz CT molecular complexity index is 987. The van der Waals surface area contributed by atoms with Gasteiger partial charge in [-0.3, -0.25) is 4.57 Å². The molecule has 31 heavy (non-hydrogen) atoms. The van der Waals surface area contributed by atoms with Crippen LogP contribution in [0.3, 0.4) is 0 Å². The molecule has 1 atom stereocenters. The molecule has 1 N–H and O–H groups in total. The molecule has 11 heteroatoms. The lowest BCUT2D eigenvalue weighted by Crippen LogP contribution is -2.44. The van der Waals surface area contributed by atoms with Gasteiger partial charge in [0.25, 0.3) is 0 Å². The van der Waals surface area contributed by atoms with E-state index in [1.54, 1.807) is 6.07 Å². The van der Waals surface area contributed by atoms with Crippen molar-refractivity contribution in [1.82, 2.24) is 14.5 Å². The number of aliphatic hydroxyl groups is 1. The molecule has 6 nitrogen and oxygen atoms in total. The molecule has 1 saturated heterocycles. The number of likely N-dealkylation sites (tertiary alicyclic amines) is 1. The summed E-state index contributed by atoms with van der Waals surface area (Å²) in [5.41, 5.74) is 2.30. The summed E-state index contributed by atoms with van der Waals surface area (Å²) in [6.07, 6.45) is -6.31. The minimum Gasteiger partial charge on any atom is -0.434 e. The maximum absolute atomic E-state index is 13.6. The van der Waals surface area contributed by atoms with Gasteiger partial charge in [-0.2, -0.15) is 13.2 Å². The highest BCUT2D eigenvalue weighted by molar-refractivity contribution is 6.30. The second-order valence-corrected chi connectivity index (χ2v) is 8.03. The van der Waals surface area contributed by atoms with E-state index in [0.29, 0.717) is 36.5 Å². The number of halogens is 5. The fourth-order valence-electron chi connectivity index (χ4n) is 4.09. The van der Waals surface area contributed by atoms with E-state index in [1.807, 2.05) is 4.57 Å². The van der Waals surface area contributed by atoms with Crippen molar-refractivity contribution in [1.29, 1.82) is 0 Å². The van der Waals surface area contributed by atoms with Crippen LogP contribution in [0, 0.1) is 5.82 Å². The second kappa shape index (κ2) is 8.31. The average molecular weight is 462 g/mol. The van der Waals surface area contributed by atoms with E-state index in [1.165, 1.54) is 17.0 Å². The first-order valence-corrected chi connectivity index (χ1v) is 10.3. The summed E-state index contributed by atoms with van der Waals surface area (Å²) in [6, 6.07) is 4.52. The van der Waals surface area contributed by atoms with E-state index < -0.39 is 25.0 Å². The third kappa shape index (κ3) is 4.23. The number of ether oxygens (including phenoxy) is 1. The molecule has 0 radical (unpaired) electrons. The number of amides is 1. The van der Waals surface area contributed by atoms with Crippen molar-refractivity contribution >= 4 is 17.7 Å². The summed E-state index contributed by atoms with van der Waals surface area (Å²) in [4.78, 5) is 17.9. The van der Waals surface area contributed by atoms with Crippen LogP contribution in [0.4, 0.5) is 22.4 Å². The van der Waals surface area contributed by atoms with E-state index in [9.17, 15) is 22.4 Å². The zero-order valence-electron chi connectivity index (χ0n) is 16.3. The Morgan fingerprint density at radius 2 is 2.00 bits per heavy atom. The Morgan fingerprint density at radius 1 is 1.29 bits per heavy atom. The maximum atomic E-state index is 13.6. The Labute approximate surface area is 180 Å². The van der Waals surface area contributed by atoms with Gasteiger partial charge in [-0.1, -0.05) is 11.6 Å². The highest BCUT2D eigenvalue weighted by Crippen LogP contribution is 2.37. The SMILES string of the molecule is O=C(OC(CO)C(F)(F)F)N1CCC(c2nc3n(c2Cl)-c2ccc(F)cc2CC3)CC1. The van der Waals surface area contributed by atoms with Crippen molar-refractivity contribution in [3.8, 4) is 5.69 Å². The number of aromatic nitrogens is 2. The first-order valence-electron chi connectivity index (χ1n) is 9.88. The highest BCUT2D eigenvalue weighted by atomic mass is 35.5. The first-order chi connectivity index (χ1) is 14.7. The van der Waals surface area contributed by atoms with Gasteiger partial charge in [0.05, 0.1) is 18.0 Å². The van der Waals surface area contributed by atoms with Crippen LogP contribution in [0.1, 0.15) is 35.8 Å². The minimum absolute atomic E-state index is 0.0743. The predicted octanol–water partition coefficient (Wildman–Crippen LogP) is 4.00. The van der Waals surface area contributed by atoms with Crippen molar-refractivity contribution in [2.24, 2.45) is 0 Å². The monoisotopic (exact) mass is 461 g/mol. The quantitative estimate of drug-likeness (QED) is 0.702. The topological polar surface area (TPSA) is 67.6 Å². The Balaban J connectivity index is 1.46. The third-order valence-corrected chi connectivity index (χ3v) is 6.09. The second-order valence-electron chi connectivity index (χ2n) is 7.67. The molecule has 2 aromatic rings. The number of hydrogen-bond donors (Lipinski definition) is 1. The zero-order chi connectivity index (χ0) is 22.3. The fraction of sp³-hybridized carbons (Fsp3) is 0.500. The molecule has 3 heterocycles. The van der Waals surface area contributed by atoms with Gasteiger partial charge in [-0.25, -0.2) is 14.2 Å². The molecule has 0 saturated carbocycles. The van der Waals surface area contributed by atoms with Gasteiger partial charge in [-0.15, -0.1) is 0 Å². The molecule has 168 valence electrons. The van der Waals surface area contributed by atoms with Crippen LogP contribution in [-0.2, 0) is 17.6 Å². The number of nitrogens with zero attached hydrogens (tertiary/aromatic N) is 3. The number of aliphatic hydroxyl groups excluding tert-OH is 1. The standard InChI is InChI=1S/C20H20ClF4N3O3/c21-18-17(26-16-4-1-12-9-13(22)2-3-14(12)28(16)18)11-5-7-27(8-6-11)19(30)31-15(10-29)20(23,24)25/h2-3,9,11,15,29H,1,4-8,10H2. The summed E-state index contributed by atoms with van der Waals surface area (Å²) in [5, 5.41) is 9.26. The first kappa shape index (κ1) is 21.9. The van der Waals surface area contributed by atoms with Gasteiger partial charge in [0, 0.05) is 25.4 Å². The largest absolute Gasteiger partial charge is 0.434 e. The van der Waals surface area contributed by atoms with Crippen LogP contribution < -0.4 is 0 Å². The van der Waals surface area contributed by atoms with Crippen LogP contribution in [0.25, 0.3) is 5.69 Å². The molecule has 1 fully saturated rings. The van der Waals surface area contributed by atoms with Crippen LogP contribution in [0.2, 0.25) is 5.15 Å². The summed E-state index contributed by atoms with van der Waals surface area (Å²) in [5.74, 6) is 0.388. The number of imidazole rings is 1. The molecular weight excluding hydrogens is 442 g/mol. The number of rotatable bonds is 3. The van der Waals surface area contributed by atoms with Crippen molar-refractivity contribution < 1.29 is 32.2 Å². The Hall–Kier alpha value is -2.33. The van der Waals surface area contributed by atoms with Crippen LogP contribution in [0.15, 0.2) is 18.2 Å². The number of hydrogen-bond acceptors (Lipinski definition) is 4. The Morgan fingerprint density at radius 3 is 2.65 bits per heavy atom.